The number of nitrogens with zero attached hydrogens (tertiary/aromatic N) is 6. The fourth-order valence-electron chi connectivity index (χ4n) is 4.98. The molecule has 0 spiro atoms. The molecule has 2 aromatic carbocycles. The van der Waals surface area contributed by atoms with Gasteiger partial charge in [-0.2, -0.15) is 4.98 Å². The molecule has 0 aliphatic carbocycles. The summed E-state index contributed by atoms with van der Waals surface area (Å²) in [5.74, 6) is 0.631. The maximum atomic E-state index is 13.3. The minimum atomic E-state index is -1.18. The normalized spacial score (nSPS) is 11.4. The first-order valence-corrected chi connectivity index (χ1v) is 15.4. The van der Waals surface area contributed by atoms with E-state index in [4.69, 9.17) is 4.74 Å². The summed E-state index contributed by atoms with van der Waals surface area (Å²) >= 11 is 0. The number of aryl methyl sites for hydroxylation is 1. The Morgan fingerprint density at radius 1 is 1.06 bits per heavy atom. The lowest BCUT2D eigenvalue weighted by molar-refractivity contribution is -0.119. The van der Waals surface area contributed by atoms with E-state index >= 15 is 0 Å². The van der Waals surface area contributed by atoms with Gasteiger partial charge in [0.1, 0.15) is 11.0 Å². The fraction of sp³-hybridized carbons (Fsp3) is 0.286. The number of hydrogen-bond acceptors (Lipinski definition) is 9. The highest BCUT2D eigenvalue weighted by Gasteiger charge is 2.22. The molecule has 12 heteroatoms. The Morgan fingerprint density at radius 3 is 2.55 bits per heavy atom. The van der Waals surface area contributed by atoms with E-state index < -0.39 is 5.60 Å². The van der Waals surface area contributed by atoms with Gasteiger partial charge in [-0.05, 0) is 74.9 Å². The molecule has 0 fully saturated rings. The molecule has 3 heterocycles. The van der Waals surface area contributed by atoms with Gasteiger partial charge in [0.15, 0.2) is 11.5 Å². The largest absolute Gasteiger partial charge is 0.384 e. The topological polar surface area (TPSA) is 139 Å². The zero-order valence-electron chi connectivity index (χ0n) is 27.1. The molecule has 244 valence electrons. The van der Waals surface area contributed by atoms with Crippen LogP contribution < -0.4 is 21.1 Å². The lowest BCUT2D eigenvalue weighted by atomic mass is 10.1. The summed E-state index contributed by atoms with van der Waals surface area (Å²) in [5.41, 5.74) is 2.99. The molecule has 0 aliphatic rings. The van der Waals surface area contributed by atoms with E-state index in [1.54, 1.807) is 54.8 Å². The maximum Gasteiger partial charge on any atom is 0.278 e. The number of allylic oxidation sites excluding steroid dienone is 1. The van der Waals surface area contributed by atoms with Crippen molar-refractivity contribution in [2.24, 2.45) is 0 Å². The van der Waals surface area contributed by atoms with E-state index in [0.717, 1.165) is 11.4 Å². The highest BCUT2D eigenvalue weighted by molar-refractivity contribution is 5.93. The molecule has 0 saturated carbocycles. The number of benzene rings is 2. The highest BCUT2D eigenvalue weighted by atomic mass is 16.5. The molecule has 3 aromatic heterocycles. The van der Waals surface area contributed by atoms with Crippen LogP contribution in [0, 0.1) is 6.92 Å². The lowest BCUT2D eigenvalue weighted by Gasteiger charge is -2.18. The van der Waals surface area contributed by atoms with Gasteiger partial charge in [-0.1, -0.05) is 24.3 Å². The van der Waals surface area contributed by atoms with E-state index in [9.17, 15) is 14.7 Å². The van der Waals surface area contributed by atoms with E-state index in [-0.39, 0.29) is 30.4 Å². The summed E-state index contributed by atoms with van der Waals surface area (Å²) in [4.78, 5) is 41.3. The molecule has 0 aliphatic heterocycles. The van der Waals surface area contributed by atoms with Gasteiger partial charge in [0.2, 0.25) is 11.9 Å². The summed E-state index contributed by atoms with van der Waals surface area (Å²) in [7, 11) is 1.73. The summed E-state index contributed by atoms with van der Waals surface area (Å²) in [5, 5.41) is 17.3. The van der Waals surface area contributed by atoms with Crippen LogP contribution in [0.3, 0.4) is 0 Å². The first-order valence-electron chi connectivity index (χ1n) is 15.4. The van der Waals surface area contributed by atoms with Crippen LogP contribution in [0.2, 0.25) is 0 Å². The van der Waals surface area contributed by atoms with E-state index in [2.05, 4.69) is 38.2 Å². The third kappa shape index (κ3) is 7.91. The minimum Gasteiger partial charge on any atom is -0.384 e. The lowest BCUT2D eigenvalue weighted by Crippen LogP contribution is -2.27. The van der Waals surface area contributed by atoms with E-state index in [1.807, 2.05) is 49.4 Å². The summed E-state index contributed by atoms with van der Waals surface area (Å²) in [6, 6.07) is 20.7. The van der Waals surface area contributed by atoms with Crippen molar-refractivity contribution in [3.8, 4) is 5.82 Å². The van der Waals surface area contributed by atoms with Gasteiger partial charge in [-0.25, -0.2) is 19.3 Å². The van der Waals surface area contributed by atoms with Crippen molar-refractivity contribution >= 4 is 40.0 Å². The van der Waals surface area contributed by atoms with Gasteiger partial charge in [-0.15, -0.1) is 6.58 Å². The van der Waals surface area contributed by atoms with Crippen molar-refractivity contribution in [2.45, 2.75) is 39.3 Å². The van der Waals surface area contributed by atoms with Crippen LogP contribution in [0.4, 0.5) is 23.0 Å². The Balaban J connectivity index is 1.23. The number of aromatic nitrogens is 5. The van der Waals surface area contributed by atoms with Crippen molar-refractivity contribution in [3.63, 3.8) is 0 Å². The monoisotopic (exact) mass is 636 g/mol. The van der Waals surface area contributed by atoms with Crippen LogP contribution in [-0.4, -0.2) is 62.1 Å². The van der Waals surface area contributed by atoms with Crippen molar-refractivity contribution in [1.82, 2.24) is 24.3 Å². The molecule has 0 unspecified atom stereocenters. The number of hydrogen-bond donors (Lipinski definition) is 3. The smallest absolute Gasteiger partial charge is 0.278 e. The Bertz CT molecular complexity index is 1930. The van der Waals surface area contributed by atoms with Crippen LogP contribution in [0.5, 0.6) is 0 Å². The highest BCUT2D eigenvalue weighted by Crippen LogP contribution is 2.23. The molecule has 12 nitrogen and oxygen atoms in total. The SMILES string of the molecule is C=CCn1c(=O)c2cnc(Nc3ccc(N(C)C(=O)CCOCCNc4cccc(C)c4)cc3)nc2n1-c1cccc(C(C)(C)O)n1. The number of nitrogens with one attached hydrogen (secondary N) is 2. The van der Waals surface area contributed by atoms with Gasteiger partial charge in [0.25, 0.3) is 5.56 Å². The Morgan fingerprint density at radius 2 is 1.83 bits per heavy atom. The van der Waals surface area contributed by atoms with Gasteiger partial charge in [-0.3, -0.25) is 9.59 Å². The molecular formula is C35H40N8O4. The summed E-state index contributed by atoms with van der Waals surface area (Å²) in [6.07, 6.45) is 3.35. The molecule has 0 atom stereocenters. The predicted octanol–water partition coefficient (Wildman–Crippen LogP) is 4.92. The average molecular weight is 637 g/mol. The van der Waals surface area contributed by atoms with E-state index in [1.165, 1.54) is 16.4 Å². The first kappa shape index (κ1) is 33.0. The number of carbonyl (C=O) groups is 1. The van der Waals surface area contributed by atoms with Gasteiger partial charge < -0.3 is 25.4 Å². The van der Waals surface area contributed by atoms with Crippen LogP contribution in [-0.2, 0) is 21.7 Å². The molecule has 3 N–H and O–H groups in total. The molecule has 47 heavy (non-hydrogen) atoms. The number of carbonyl (C=O) groups excluding carboxylic acids is 1. The van der Waals surface area contributed by atoms with Crippen molar-refractivity contribution in [3.05, 3.63) is 107 Å². The van der Waals surface area contributed by atoms with Crippen molar-refractivity contribution in [1.29, 1.82) is 0 Å². The molecule has 0 radical (unpaired) electrons. The second-order valence-electron chi connectivity index (χ2n) is 11.6. The number of pyridine rings is 1. The van der Waals surface area contributed by atoms with Gasteiger partial charge >= 0.3 is 0 Å². The number of fused-ring (bicyclic) bond motifs is 1. The Labute approximate surface area is 273 Å². The average Bonchev–Trinajstić information content (AvgIpc) is 3.32. The van der Waals surface area contributed by atoms with Crippen LogP contribution in [0.25, 0.3) is 16.9 Å². The summed E-state index contributed by atoms with van der Waals surface area (Å²) in [6.45, 7) is 10.8. The quantitative estimate of drug-likeness (QED) is 0.114. The van der Waals surface area contributed by atoms with Gasteiger partial charge in [0, 0.05) is 36.9 Å². The number of ether oxygens (including phenoxy) is 1. The number of rotatable bonds is 14. The fourth-order valence-corrected chi connectivity index (χ4v) is 4.98. The number of anilines is 4. The van der Waals surface area contributed by atoms with Crippen LogP contribution in [0.15, 0.2) is 90.4 Å². The maximum absolute atomic E-state index is 13.3. The predicted molar refractivity (Wildman–Crippen MR) is 185 cm³/mol. The Kier molecular flexibility index (Phi) is 10.1. The van der Waals surface area contributed by atoms with Gasteiger partial charge in [0.05, 0.1) is 31.9 Å². The molecule has 5 aromatic rings. The molecule has 5 rings (SSSR count). The minimum absolute atomic E-state index is 0.0598. The third-order valence-electron chi connectivity index (χ3n) is 7.49. The van der Waals surface area contributed by atoms with E-state index in [0.29, 0.717) is 48.0 Å². The molecule has 0 saturated heterocycles. The van der Waals surface area contributed by atoms with Crippen molar-refractivity contribution in [2.75, 3.05) is 42.3 Å². The molecule has 1 amide bonds. The molecular weight excluding hydrogens is 596 g/mol. The zero-order valence-corrected chi connectivity index (χ0v) is 27.1. The first-order chi connectivity index (χ1) is 22.5. The van der Waals surface area contributed by atoms with Crippen LogP contribution >= 0.6 is 0 Å². The third-order valence-corrected chi connectivity index (χ3v) is 7.49. The Hall–Kier alpha value is -5.33. The number of aliphatic hydroxyl groups is 1. The number of amides is 1. The second kappa shape index (κ2) is 14.4. The molecule has 0 bridgehead atoms. The summed E-state index contributed by atoms with van der Waals surface area (Å²) < 4.78 is 8.74. The van der Waals surface area contributed by atoms with Crippen LogP contribution in [0.1, 0.15) is 31.5 Å². The standard InChI is InChI=1S/C35H40N8O4/c1-6-19-42-33(45)28-23-37-34(40-32(28)43(42)30-12-8-11-29(39-30)35(3,4)46)38-25-13-15-27(16-14-25)41(5)31(44)17-20-47-21-18-36-26-10-7-9-24(2)22-26/h6-16,22-23,36,46H,1,17-21H2,2-5H3,(H,37,38,40). The second-order valence-corrected chi connectivity index (χ2v) is 11.6. The zero-order chi connectivity index (χ0) is 33.6. The van der Waals surface area contributed by atoms with Crippen molar-refractivity contribution < 1.29 is 14.6 Å².